The summed E-state index contributed by atoms with van der Waals surface area (Å²) in [6, 6.07) is 16.8. The number of anilines is 1. The van der Waals surface area contributed by atoms with Gasteiger partial charge in [0, 0.05) is 6.54 Å². The molecule has 1 N–H and O–H groups in total. The Hall–Kier alpha value is -3.46. The topological polar surface area (TPSA) is 75.7 Å². The standard InChI is InChI=1S/C26H28F2N2O4S/c1-2-18-34-25-8-4-3-6-20(25)7-5-17-29-26(31)19-30(23-13-9-21(27)10-14-23)35(32,33)24-15-11-22(28)12-16-24/h3-4,6,8-16H,2,5,7,17-19H2,1H3,(H,29,31). The van der Waals surface area contributed by atoms with Crippen molar-refractivity contribution >= 4 is 21.6 Å². The minimum absolute atomic E-state index is 0.118. The van der Waals surface area contributed by atoms with E-state index in [1.165, 1.54) is 12.1 Å². The fraction of sp³-hybridized carbons (Fsp3) is 0.269. The lowest BCUT2D eigenvalue weighted by Gasteiger charge is -2.24. The highest BCUT2D eigenvalue weighted by Crippen LogP contribution is 2.24. The van der Waals surface area contributed by atoms with Crippen LogP contribution in [0.15, 0.2) is 77.7 Å². The minimum atomic E-state index is -4.20. The van der Waals surface area contributed by atoms with Crippen molar-refractivity contribution in [2.75, 3.05) is 24.0 Å². The Morgan fingerprint density at radius 2 is 1.57 bits per heavy atom. The van der Waals surface area contributed by atoms with E-state index in [1.54, 1.807) is 0 Å². The normalized spacial score (nSPS) is 11.2. The number of benzene rings is 3. The Kier molecular flexibility index (Phi) is 9.19. The van der Waals surface area contributed by atoms with E-state index in [0.717, 1.165) is 58.4 Å². The van der Waals surface area contributed by atoms with Crippen LogP contribution in [0.3, 0.4) is 0 Å². The largest absolute Gasteiger partial charge is 0.493 e. The molecule has 3 aromatic rings. The number of hydrogen-bond donors (Lipinski definition) is 1. The second-order valence-electron chi connectivity index (χ2n) is 7.85. The van der Waals surface area contributed by atoms with Gasteiger partial charge >= 0.3 is 0 Å². The van der Waals surface area contributed by atoms with Crippen molar-refractivity contribution in [3.63, 3.8) is 0 Å². The van der Waals surface area contributed by atoms with Crippen LogP contribution in [0.4, 0.5) is 14.5 Å². The number of sulfonamides is 1. The SMILES string of the molecule is CCCOc1ccccc1CCCNC(=O)CN(c1ccc(F)cc1)S(=O)(=O)c1ccc(F)cc1. The van der Waals surface area contributed by atoms with Crippen molar-refractivity contribution in [1.82, 2.24) is 5.32 Å². The van der Waals surface area contributed by atoms with Gasteiger partial charge in [-0.1, -0.05) is 25.1 Å². The highest BCUT2D eigenvalue weighted by molar-refractivity contribution is 7.92. The first-order valence-electron chi connectivity index (χ1n) is 11.3. The molecule has 1 amide bonds. The number of aryl methyl sites for hydroxylation is 1. The summed E-state index contributed by atoms with van der Waals surface area (Å²) in [4.78, 5) is 12.5. The molecule has 0 aliphatic carbocycles. The Bertz CT molecular complexity index is 1220. The molecule has 6 nitrogen and oxygen atoms in total. The van der Waals surface area contributed by atoms with Gasteiger partial charge in [0.2, 0.25) is 5.91 Å². The summed E-state index contributed by atoms with van der Waals surface area (Å²) in [5.74, 6) is -0.832. The highest BCUT2D eigenvalue weighted by Gasteiger charge is 2.27. The molecule has 35 heavy (non-hydrogen) atoms. The quantitative estimate of drug-likeness (QED) is 0.365. The van der Waals surface area contributed by atoms with Gasteiger partial charge in [-0.05, 0) is 79.4 Å². The minimum Gasteiger partial charge on any atom is -0.493 e. The van der Waals surface area contributed by atoms with Crippen molar-refractivity contribution in [3.8, 4) is 5.75 Å². The molecular formula is C26H28F2N2O4S. The van der Waals surface area contributed by atoms with Crippen LogP contribution in [-0.2, 0) is 21.2 Å². The van der Waals surface area contributed by atoms with Crippen molar-refractivity contribution in [3.05, 3.63) is 90.0 Å². The number of nitrogens with zero attached hydrogens (tertiary/aromatic N) is 1. The van der Waals surface area contributed by atoms with Crippen molar-refractivity contribution in [2.45, 2.75) is 31.1 Å². The zero-order valence-electron chi connectivity index (χ0n) is 19.4. The Morgan fingerprint density at radius 1 is 0.943 bits per heavy atom. The lowest BCUT2D eigenvalue weighted by atomic mass is 10.1. The molecule has 0 fully saturated rings. The predicted molar refractivity (Wildman–Crippen MR) is 131 cm³/mol. The number of amides is 1. The number of hydrogen-bond acceptors (Lipinski definition) is 4. The third-order valence-electron chi connectivity index (χ3n) is 5.18. The summed E-state index contributed by atoms with van der Waals surface area (Å²) < 4.78 is 59.8. The summed E-state index contributed by atoms with van der Waals surface area (Å²) in [6.45, 7) is 2.47. The van der Waals surface area contributed by atoms with E-state index in [0.29, 0.717) is 26.0 Å². The second kappa shape index (κ2) is 12.3. The Labute approximate surface area is 204 Å². The number of ether oxygens (including phenoxy) is 1. The smallest absolute Gasteiger partial charge is 0.264 e. The number of para-hydroxylation sites is 1. The van der Waals surface area contributed by atoms with Crippen molar-refractivity contribution in [2.24, 2.45) is 0 Å². The third kappa shape index (κ3) is 7.26. The van der Waals surface area contributed by atoms with E-state index < -0.39 is 34.1 Å². The molecule has 0 aromatic heterocycles. The molecule has 3 aromatic carbocycles. The van der Waals surface area contributed by atoms with E-state index in [2.05, 4.69) is 5.32 Å². The maximum absolute atomic E-state index is 13.4. The van der Waals surface area contributed by atoms with Crippen LogP contribution in [0.1, 0.15) is 25.3 Å². The molecule has 186 valence electrons. The highest BCUT2D eigenvalue weighted by atomic mass is 32.2. The molecule has 0 radical (unpaired) electrons. The first kappa shape index (κ1) is 26.2. The van der Waals surface area contributed by atoms with E-state index in [4.69, 9.17) is 4.74 Å². The summed E-state index contributed by atoms with van der Waals surface area (Å²) in [6.07, 6.45) is 2.20. The van der Waals surface area contributed by atoms with Crippen molar-refractivity contribution < 1.29 is 26.7 Å². The zero-order chi connectivity index (χ0) is 25.3. The lowest BCUT2D eigenvalue weighted by molar-refractivity contribution is -0.119. The van der Waals surface area contributed by atoms with Crippen molar-refractivity contribution in [1.29, 1.82) is 0 Å². The number of carbonyl (C=O) groups is 1. The predicted octanol–water partition coefficient (Wildman–Crippen LogP) is 4.70. The van der Waals surface area contributed by atoms with Gasteiger partial charge < -0.3 is 10.1 Å². The van der Waals surface area contributed by atoms with Crippen LogP contribution >= 0.6 is 0 Å². The maximum atomic E-state index is 13.4. The fourth-order valence-electron chi connectivity index (χ4n) is 3.41. The number of carbonyl (C=O) groups excluding carboxylic acids is 1. The average molecular weight is 503 g/mol. The van der Waals surface area contributed by atoms with Crippen LogP contribution in [0, 0.1) is 11.6 Å². The molecule has 3 rings (SSSR count). The monoisotopic (exact) mass is 502 g/mol. The van der Waals surface area contributed by atoms with Crippen LogP contribution in [0.5, 0.6) is 5.75 Å². The molecule has 0 bridgehead atoms. The van der Waals surface area contributed by atoms with Gasteiger partial charge in [0.15, 0.2) is 0 Å². The Balaban J connectivity index is 1.66. The number of nitrogens with one attached hydrogen (secondary N) is 1. The van der Waals surface area contributed by atoms with Gasteiger partial charge in [0.25, 0.3) is 10.0 Å². The van der Waals surface area contributed by atoms with Crippen LogP contribution in [0.2, 0.25) is 0 Å². The number of halogens is 2. The average Bonchev–Trinajstić information content (AvgIpc) is 2.85. The molecule has 0 spiro atoms. The molecule has 0 aliphatic heterocycles. The first-order valence-corrected chi connectivity index (χ1v) is 12.8. The van der Waals surface area contributed by atoms with E-state index in [9.17, 15) is 22.0 Å². The van der Waals surface area contributed by atoms with Crippen LogP contribution < -0.4 is 14.4 Å². The summed E-state index contributed by atoms with van der Waals surface area (Å²) in [5, 5.41) is 2.74. The maximum Gasteiger partial charge on any atom is 0.264 e. The van der Waals surface area contributed by atoms with E-state index in [-0.39, 0.29) is 10.6 Å². The fourth-order valence-corrected chi connectivity index (χ4v) is 4.83. The van der Waals surface area contributed by atoms with Crippen LogP contribution in [0.25, 0.3) is 0 Å². The van der Waals surface area contributed by atoms with Gasteiger partial charge in [-0.15, -0.1) is 0 Å². The van der Waals surface area contributed by atoms with Gasteiger partial charge in [-0.3, -0.25) is 9.10 Å². The summed E-state index contributed by atoms with van der Waals surface area (Å²) in [5.41, 5.74) is 1.15. The summed E-state index contributed by atoms with van der Waals surface area (Å²) in [7, 11) is -4.20. The molecule has 0 saturated carbocycles. The zero-order valence-corrected chi connectivity index (χ0v) is 20.2. The third-order valence-corrected chi connectivity index (χ3v) is 6.97. The van der Waals surface area contributed by atoms with Gasteiger partial charge in [-0.25, -0.2) is 17.2 Å². The second-order valence-corrected chi connectivity index (χ2v) is 9.71. The molecular weight excluding hydrogens is 474 g/mol. The van der Waals surface area contributed by atoms with Crippen LogP contribution in [-0.4, -0.2) is 34.0 Å². The Morgan fingerprint density at radius 3 is 2.23 bits per heavy atom. The molecule has 0 saturated heterocycles. The molecule has 9 heteroatoms. The van der Waals surface area contributed by atoms with E-state index in [1.807, 2.05) is 31.2 Å². The molecule has 0 heterocycles. The van der Waals surface area contributed by atoms with Gasteiger partial charge in [0.1, 0.15) is 23.9 Å². The van der Waals surface area contributed by atoms with Gasteiger partial charge in [0.05, 0.1) is 17.2 Å². The number of rotatable bonds is 12. The molecule has 0 atom stereocenters. The lowest BCUT2D eigenvalue weighted by Crippen LogP contribution is -2.41. The van der Waals surface area contributed by atoms with E-state index >= 15 is 0 Å². The summed E-state index contributed by atoms with van der Waals surface area (Å²) >= 11 is 0. The molecule has 0 unspecified atom stereocenters. The first-order chi connectivity index (χ1) is 16.8. The molecule has 0 aliphatic rings. The van der Waals surface area contributed by atoms with Gasteiger partial charge in [-0.2, -0.15) is 0 Å².